The quantitative estimate of drug-likeness (QED) is 0.0464. The molecule has 1 unspecified atom stereocenters. The van der Waals surface area contributed by atoms with Crippen molar-refractivity contribution in [1.29, 1.82) is 0 Å². The summed E-state index contributed by atoms with van der Waals surface area (Å²) in [5.41, 5.74) is -0.347. The van der Waals surface area contributed by atoms with E-state index >= 15 is 0 Å². The van der Waals surface area contributed by atoms with Crippen LogP contribution in [0, 0.1) is 5.41 Å². The molecular weight excluding hydrogens is 722 g/mol. The van der Waals surface area contributed by atoms with Crippen LogP contribution < -0.4 is 19.5 Å². The van der Waals surface area contributed by atoms with Crippen LogP contribution in [0.15, 0.2) is 48.5 Å². The average Bonchev–Trinajstić information content (AvgIpc) is 3.07. The fraction of sp³-hybridized carbons (Fsp3) is 0.641. The molecule has 0 radical (unpaired) electrons. The largest absolute Gasteiger partial charge is 0.456 e. The smallest absolute Gasteiger partial charge is 0.320 e. The first kappa shape index (κ1) is 45.3. The Hall–Kier alpha value is -2.83. The van der Waals surface area contributed by atoms with E-state index in [-0.39, 0.29) is 28.6 Å². The van der Waals surface area contributed by atoms with Crippen molar-refractivity contribution in [3.63, 3.8) is 0 Å². The highest BCUT2D eigenvalue weighted by atomic mass is 35.5. The van der Waals surface area contributed by atoms with Crippen molar-refractivity contribution in [3.8, 4) is 5.75 Å². The molecule has 0 fully saturated rings. The first-order chi connectivity index (χ1) is 24.5. The normalized spacial score (nSPS) is 13.3. The minimum absolute atomic E-state index is 0.00964. The van der Waals surface area contributed by atoms with E-state index in [0.717, 1.165) is 19.3 Å². The number of carbonyl (C=O) groups excluding carboxylic acids is 2. The zero-order valence-corrected chi connectivity index (χ0v) is 34.3. The van der Waals surface area contributed by atoms with Gasteiger partial charge in [0.2, 0.25) is 25.8 Å². The number of ketones is 1. The van der Waals surface area contributed by atoms with Crippen molar-refractivity contribution in [1.82, 2.24) is 0 Å². The number of unbranched alkanes of at least 4 members (excludes halogenated alkanes) is 14. The van der Waals surface area contributed by atoms with E-state index in [1.807, 2.05) is 6.92 Å². The van der Waals surface area contributed by atoms with Gasteiger partial charge in [-0.3, -0.25) is 19.0 Å². The number of hydrogen-bond acceptors (Lipinski definition) is 7. The van der Waals surface area contributed by atoms with Gasteiger partial charge in [0.15, 0.2) is 0 Å². The van der Waals surface area contributed by atoms with E-state index in [9.17, 15) is 26.4 Å². The summed E-state index contributed by atoms with van der Waals surface area (Å²) in [6.45, 7) is 8.94. The van der Waals surface area contributed by atoms with Crippen LogP contribution >= 0.6 is 11.6 Å². The zero-order chi connectivity index (χ0) is 38.7. The van der Waals surface area contributed by atoms with E-state index in [0.29, 0.717) is 24.9 Å². The van der Waals surface area contributed by atoms with Crippen LogP contribution in [0.1, 0.15) is 137 Å². The number of Topliss-reactive ketones (excluding diaryl/α,β-unsaturated/α-hetero) is 1. The van der Waals surface area contributed by atoms with Gasteiger partial charge in [-0.05, 0) is 55.3 Å². The lowest BCUT2D eigenvalue weighted by Crippen LogP contribution is -2.54. The minimum atomic E-state index is -3.58. The number of ether oxygens (including phenoxy) is 1. The molecule has 0 spiro atoms. The maximum absolute atomic E-state index is 13.6. The van der Waals surface area contributed by atoms with Crippen LogP contribution in [0.5, 0.6) is 5.75 Å². The summed E-state index contributed by atoms with van der Waals surface area (Å²) in [6, 6.07) is 11.8. The molecule has 52 heavy (non-hydrogen) atoms. The lowest BCUT2D eigenvalue weighted by atomic mass is 9.86. The third kappa shape index (κ3) is 17.3. The number of benzene rings is 2. The summed E-state index contributed by atoms with van der Waals surface area (Å²) in [5, 5.41) is 0.0807. The first-order valence-corrected chi connectivity index (χ1v) is 22.6. The molecule has 3 N–H and O–H groups in total. The van der Waals surface area contributed by atoms with Crippen LogP contribution in [0.3, 0.4) is 0 Å². The summed E-state index contributed by atoms with van der Waals surface area (Å²) in [5.74, 6) is -1.66. The Balaban J connectivity index is 1.92. The van der Waals surface area contributed by atoms with Crippen LogP contribution in [-0.4, -0.2) is 45.1 Å². The Morgan fingerprint density at radius 1 is 0.615 bits per heavy atom. The molecule has 0 aliphatic rings. The molecule has 2 rings (SSSR count). The van der Waals surface area contributed by atoms with E-state index in [2.05, 4.69) is 21.7 Å². The highest BCUT2D eigenvalue weighted by molar-refractivity contribution is 7.92. The Kier molecular flexibility index (Phi) is 19.5. The maximum Gasteiger partial charge on any atom is 0.320 e. The summed E-state index contributed by atoms with van der Waals surface area (Å²) in [4.78, 5) is 27.1. The molecule has 2 aromatic rings. The van der Waals surface area contributed by atoms with Gasteiger partial charge in [0, 0.05) is 16.8 Å². The van der Waals surface area contributed by atoms with E-state index in [1.54, 1.807) is 32.9 Å². The van der Waals surface area contributed by atoms with Gasteiger partial charge in [-0.25, -0.2) is 16.8 Å². The number of amides is 1. The van der Waals surface area contributed by atoms with Crippen molar-refractivity contribution in [2.75, 3.05) is 26.3 Å². The topological polar surface area (TPSA) is 148 Å². The summed E-state index contributed by atoms with van der Waals surface area (Å²) in [6.07, 6.45) is 17.8. The highest BCUT2D eigenvalue weighted by Crippen LogP contribution is 2.33. The third-order valence-electron chi connectivity index (χ3n) is 8.58. The van der Waals surface area contributed by atoms with Crippen LogP contribution in [0.2, 0.25) is 0 Å². The predicted molar refractivity (Wildman–Crippen MR) is 215 cm³/mol. The minimum Gasteiger partial charge on any atom is -0.456 e. The SMILES string of the molecule is CCCCCCCCCCCCCCCCS(=O)(=O)Nc1ccc(OC(Cl)(C(=O)Nc2cccc(NS(=O)(=O)CCCC)c2)C(=O)C(C)(C)C)cc1. The van der Waals surface area contributed by atoms with Crippen molar-refractivity contribution in [2.24, 2.45) is 5.41 Å². The van der Waals surface area contributed by atoms with Crippen LogP contribution in [0.25, 0.3) is 0 Å². The van der Waals surface area contributed by atoms with Crippen molar-refractivity contribution in [2.45, 2.75) is 142 Å². The number of hydrogen-bond donors (Lipinski definition) is 3. The van der Waals surface area contributed by atoms with Crippen LogP contribution in [-0.2, 0) is 29.6 Å². The van der Waals surface area contributed by atoms with E-state index in [4.69, 9.17) is 16.3 Å². The average molecular weight is 785 g/mol. The van der Waals surface area contributed by atoms with E-state index < -0.39 is 42.2 Å². The summed E-state index contributed by atoms with van der Waals surface area (Å²) >= 11 is 6.70. The van der Waals surface area contributed by atoms with E-state index in [1.165, 1.54) is 101 Å². The maximum atomic E-state index is 13.6. The van der Waals surface area contributed by atoms with Gasteiger partial charge in [0.25, 0.3) is 5.91 Å². The van der Waals surface area contributed by atoms with Crippen molar-refractivity contribution < 1.29 is 31.2 Å². The molecule has 1 amide bonds. The second-order valence-electron chi connectivity index (χ2n) is 14.6. The molecule has 0 saturated heterocycles. The zero-order valence-electron chi connectivity index (χ0n) is 31.9. The van der Waals surface area contributed by atoms with Gasteiger partial charge >= 0.3 is 5.06 Å². The molecule has 1 atom stereocenters. The molecular formula is C39H62ClN3O7S2. The summed E-state index contributed by atoms with van der Waals surface area (Å²) < 4.78 is 61.1. The number of rotatable bonds is 27. The number of halogens is 1. The van der Waals surface area contributed by atoms with Crippen molar-refractivity contribution >= 4 is 60.4 Å². The second-order valence-corrected chi connectivity index (χ2v) is 18.8. The first-order valence-electron chi connectivity index (χ1n) is 19.0. The Labute approximate surface area is 318 Å². The molecule has 0 bridgehead atoms. The summed E-state index contributed by atoms with van der Waals surface area (Å²) in [7, 11) is -7.16. The molecule has 294 valence electrons. The van der Waals surface area contributed by atoms with Gasteiger partial charge < -0.3 is 10.1 Å². The molecule has 0 aliphatic heterocycles. The number of carbonyl (C=O) groups is 2. The van der Waals surface area contributed by atoms with Gasteiger partial charge in [-0.1, -0.05) is 142 Å². The van der Waals surface area contributed by atoms with Crippen LogP contribution in [0.4, 0.5) is 17.1 Å². The lowest BCUT2D eigenvalue weighted by molar-refractivity contribution is -0.144. The second kappa shape index (κ2) is 22.4. The predicted octanol–water partition coefficient (Wildman–Crippen LogP) is 10.0. The number of nitrogens with one attached hydrogen (secondary N) is 3. The monoisotopic (exact) mass is 783 g/mol. The number of sulfonamides is 2. The third-order valence-corrected chi connectivity index (χ3v) is 11.7. The molecule has 10 nitrogen and oxygen atoms in total. The fourth-order valence-electron chi connectivity index (χ4n) is 5.59. The number of anilines is 3. The molecule has 0 aromatic heterocycles. The van der Waals surface area contributed by atoms with Gasteiger partial charge in [-0.2, -0.15) is 0 Å². The van der Waals surface area contributed by atoms with Gasteiger partial charge in [-0.15, -0.1) is 0 Å². The number of alkyl halides is 1. The molecule has 0 heterocycles. The van der Waals surface area contributed by atoms with Crippen molar-refractivity contribution in [3.05, 3.63) is 48.5 Å². The fourth-order valence-corrected chi connectivity index (χ4v) is 8.44. The Morgan fingerprint density at radius 2 is 1.06 bits per heavy atom. The lowest BCUT2D eigenvalue weighted by Gasteiger charge is -2.31. The molecule has 13 heteroatoms. The Bertz CT molecular complexity index is 1590. The Morgan fingerprint density at radius 3 is 1.56 bits per heavy atom. The molecule has 2 aromatic carbocycles. The molecule has 0 saturated carbocycles. The van der Waals surface area contributed by atoms with Gasteiger partial charge in [0.05, 0.1) is 17.2 Å². The standard InChI is InChI=1S/C39H62ClN3O7S2/c1-6-8-10-11-12-13-14-15-16-17-18-19-20-21-30-52(48,49)42-32-25-27-35(28-26-32)50-39(40,36(44)38(3,4)5)37(45)41-33-23-22-24-34(31-33)43-51(46,47)29-9-7-2/h22-28,31,42-43H,6-21,29-30H2,1-5H3,(H,41,45). The molecule has 0 aliphatic carbocycles. The van der Waals surface area contributed by atoms with Gasteiger partial charge in [0.1, 0.15) is 5.75 Å². The highest BCUT2D eigenvalue weighted by Gasteiger charge is 2.51.